The summed E-state index contributed by atoms with van der Waals surface area (Å²) in [6, 6.07) is 0. The van der Waals surface area contributed by atoms with Crippen molar-refractivity contribution in [3.05, 3.63) is 0 Å². The molecular formula is C8H18O2. The van der Waals surface area contributed by atoms with E-state index < -0.39 is 0 Å². The predicted molar refractivity (Wildman–Crippen MR) is 41.8 cm³/mol. The van der Waals surface area contributed by atoms with E-state index >= 15 is 0 Å². The summed E-state index contributed by atoms with van der Waals surface area (Å²) in [7, 11) is 0. The molecule has 0 aromatic carbocycles. The highest BCUT2D eigenvalue weighted by atomic mass is 16.3. The zero-order chi connectivity index (χ0) is 8.15. The number of hydrogen-bond donors (Lipinski definition) is 2. The Kier molecular flexibility index (Phi) is 4.65. The molecule has 0 aromatic heterocycles. The van der Waals surface area contributed by atoms with E-state index in [4.69, 9.17) is 10.2 Å². The van der Waals surface area contributed by atoms with Gasteiger partial charge in [0.05, 0.1) is 12.2 Å². The van der Waals surface area contributed by atoms with Gasteiger partial charge in [-0.3, -0.25) is 0 Å². The molecule has 0 aliphatic rings. The van der Waals surface area contributed by atoms with Crippen LogP contribution >= 0.6 is 0 Å². The van der Waals surface area contributed by atoms with Crippen molar-refractivity contribution in [1.82, 2.24) is 0 Å². The van der Waals surface area contributed by atoms with Crippen LogP contribution in [-0.2, 0) is 0 Å². The zero-order valence-corrected chi connectivity index (χ0v) is 7.04. The van der Waals surface area contributed by atoms with Gasteiger partial charge in [-0.15, -0.1) is 0 Å². The molecule has 0 heterocycles. The Labute approximate surface area is 62.9 Å². The minimum Gasteiger partial charge on any atom is -0.393 e. The Morgan fingerprint density at radius 1 is 1.10 bits per heavy atom. The fourth-order valence-corrected chi connectivity index (χ4v) is 1.22. The molecule has 0 saturated heterocycles. The SMILES string of the molecule is CCCC([C@H](C)O)[C@H](C)O. The molecule has 2 N–H and O–H groups in total. The molecule has 0 unspecified atom stereocenters. The lowest BCUT2D eigenvalue weighted by Gasteiger charge is -2.21. The van der Waals surface area contributed by atoms with Crippen molar-refractivity contribution < 1.29 is 10.2 Å². The van der Waals surface area contributed by atoms with Gasteiger partial charge < -0.3 is 10.2 Å². The van der Waals surface area contributed by atoms with Gasteiger partial charge in [-0.25, -0.2) is 0 Å². The molecule has 0 saturated carbocycles. The fourth-order valence-electron chi connectivity index (χ4n) is 1.22. The smallest absolute Gasteiger partial charge is 0.0564 e. The van der Waals surface area contributed by atoms with Crippen LogP contribution in [0, 0.1) is 5.92 Å². The summed E-state index contributed by atoms with van der Waals surface area (Å²) in [6.07, 6.45) is 1.13. The molecule has 62 valence electrons. The maximum Gasteiger partial charge on any atom is 0.0564 e. The number of aliphatic hydroxyl groups is 2. The Balaban J connectivity index is 3.73. The first-order valence-electron chi connectivity index (χ1n) is 3.95. The first kappa shape index (κ1) is 9.92. The lowest BCUT2D eigenvalue weighted by atomic mass is 9.93. The van der Waals surface area contributed by atoms with Crippen LogP contribution in [0.1, 0.15) is 33.6 Å². The lowest BCUT2D eigenvalue weighted by Crippen LogP contribution is -2.27. The van der Waals surface area contributed by atoms with Crippen LogP contribution in [0.3, 0.4) is 0 Å². The van der Waals surface area contributed by atoms with E-state index in [2.05, 4.69) is 6.92 Å². The van der Waals surface area contributed by atoms with Crippen LogP contribution < -0.4 is 0 Å². The number of aliphatic hydroxyl groups excluding tert-OH is 2. The van der Waals surface area contributed by atoms with Crippen LogP contribution in [0.15, 0.2) is 0 Å². The molecule has 0 radical (unpaired) electrons. The summed E-state index contributed by atoms with van der Waals surface area (Å²) in [5.41, 5.74) is 0. The molecule has 2 nitrogen and oxygen atoms in total. The van der Waals surface area contributed by atoms with Gasteiger partial charge in [0, 0.05) is 5.92 Å². The molecule has 0 fully saturated rings. The molecule has 0 aliphatic heterocycles. The van der Waals surface area contributed by atoms with E-state index in [1.807, 2.05) is 0 Å². The van der Waals surface area contributed by atoms with Gasteiger partial charge in [0.1, 0.15) is 0 Å². The summed E-state index contributed by atoms with van der Waals surface area (Å²) < 4.78 is 0. The average molecular weight is 146 g/mol. The topological polar surface area (TPSA) is 40.5 Å². The van der Waals surface area contributed by atoms with Gasteiger partial charge >= 0.3 is 0 Å². The lowest BCUT2D eigenvalue weighted by molar-refractivity contribution is 0.0269. The maximum atomic E-state index is 9.15. The highest BCUT2D eigenvalue weighted by Crippen LogP contribution is 2.15. The van der Waals surface area contributed by atoms with E-state index in [1.54, 1.807) is 13.8 Å². The third kappa shape index (κ3) is 3.18. The molecule has 10 heavy (non-hydrogen) atoms. The van der Waals surface area contributed by atoms with Gasteiger partial charge in [-0.1, -0.05) is 13.3 Å². The normalized spacial score (nSPS) is 17.4. The van der Waals surface area contributed by atoms with Gasteiger partial charge in [-0.2, -0.15) is 0 Å². The van der Waals surface area contributed by atoms with Crippen LogP contribution in [-0.4, -0.2) is 22.4 Å². The average Bonchev–Trinajstić information content (AvgIpc) is 1.81. The number of rotatable bonds is 4. The monoisotopic (exact) mass is 146 g/mol. The van der Waals surface area contributed by atoms with Crippen LogP contribution in [0.5, 0.6) is 0 Å². The predicted octanol–water partition coefficient (Wildman–Crippen LogP) is 1.16. The molecular weight excluding hydrogens is 128 g/mol. The molecule has 0 bridgehead atoms. The van der Waals surface area contributed by atoms with Gasteiger partial charge in [0.25, 0.3) is 0 Å². The minimum absolute atomic E-state index is 0.0463. The summed E-state index contributed by atoms with van der Waals surface area (Å²) >= 11 is 0. The Bertz CT molecular complexity index is 71.3. The molecule has 0 aromatic rings. The van der Waals surface area contributed by atoms with Crippen molar-refractivity contribution in [3.63, 3.8) is 0 Å². The second-order valence-electron chi connectivity index (χ2n) is 2.93. The van der Waals surface area contributed by atoms with Gasteiger partial charge in [0.2, 0.25) is 0 Å². The van der Waals surface area contributed by atoms with Crippen LogP contribution in [0.4, 0.5) is 0 Å². The van der Waals surface area contributed by atoms with Crippen molar-refractivity contribution in [1.29, 1.82) is 0 Å². The molecule has 2 heteroatoms. The van der Waals surface area contributed by atoms with Crippen molar-refractivity contribution in [2.45, 2.75) is 45.8 Å². The first-order valence-corrected chi connectivity index (χ1v) is 3.95. The molecule has 2 atom stereocenters. The van der Waals surface area contributed by atoms with Crippen molar-refractivity contribution >= 4 is 0 Å². The number of hydrogen-bond acceptors (Lipinski definition) is 2. The molecule has 0 amide bonds. The highest BCUT2D eigenvalue weighted by Gasteiger charge is 2.18. The third-order valence-electron chi connectivity index (χ3n) is 1.86. The standard InChI is InChI=1S/C8H18O2/c1-4-5-8(6(2)9)7(3)10/h6-10H,4-5H2,1-3H3/t6-,7-/m0/s1. The van der Waals surface area contributed by atoms with E-state index in [0.29, 0.717) is 0 Å². The van der Waals surface area contributed by atoms with E-state index in [0.717, 1.165) is 12.8 Å². The second-order valence-corrected chi connectivity index (χ2v) is 2.93. The Morgan fingerprint density at radius 2 is 1.50 bits per heavy atom. The summed E-state index contributed by atoms with van der Waals surface area (Å²) in [5, 5.41) is 18.3. The summed E-state index contributed by atoms with van der Waals surface area (Å²) in [5.74, 6) is 0.0463. The zero-order valence-electron chi connectivity index (χ0n) is 7.04. The minimum atomic E-state index is -0.389. The third-order valence-corrected chi connectivity index (χ3v) is 1.86. The molecule has 0 spiro atoms. The largest absolute Gasteiger partial charge is 0.393 e. The highest BCUT2D eigenvalue weighted by molar-refractivity contribution is 4.69. The van der Waals surface area contributed by atoms with Crippen molar-refractivity contribution in [2.75, 3.05) is 0 Å². The van der Waals surface area contributed by atoms with E-state index in [9.17, 15) is 0 Å². The quantitative estimate of drug-likeness (QED) is 0.625. The van der Waals surface area contributed by atoms with Gasteiger partial charge in [0.15, 0.2) is 0 Å². The van der Waals surface area contributed by atoms with Crippen LogP contribution in [0.25, 0.3) is 0 Å². The van der Waals surface area contributed by atoms with Crippen molar-refractivity contribution in [2.24, 2.45) is 5.92 Å². The van der Waals surface area contributed by atoms with Crippen molar-refractivity contribution in [3.8, 4) is 0 Å². The van der Waals surface area contributed by atoms with E-state index in [1.165, 1.54) is 0 Å². The van der Waals surface area contributed by atoms with Gasteiger partial charge in [-0.05, 0) is 20.3 Å². The van der Waals surface area contributed by atoms with E-state index in [-0.39, 0.29) is 18.1 Å². The van der Waals surface area contributed by atoms with Crippen LogP contribution in [0.2, 0.25) is 0 Å². The molecule has 0 rings (SSSR count). The fraction of sp³-hybridized carbons (Fsp3) is 1.00. The Hall–Kier alpha value is -0.0800. The second kappa shape index (κ2) is 4.69. The summed E-state index contributed by atoms with van der Waals surface area (Å²) in [6.45, 7) is 5.51. The molecule has 0 aliphatic carbocycles. The Morgan fingerprint density at radius 3 is 1.60 bits per heavy atom. The first-order chi connectivity index (χ1) is 4.59. The summed E-state index contributed by atoms with van der Waals surface area (Å²) in [4.78, 5) is 0. The maximum absolute atomic E-state index is 9.15.